The third-order valence-corrected chi connectivity index (χ3v) is 7.79. The minimum Gasteiger partial charge on any atom is -0.493 e. The third kappa shape index (κ3) is 12.7. The van der Waals surface area contributed by atoms with Gasteiger partial charge in [-0.25, -0.2) is 0 Å². The van der Waals surface area contributed by atoms with Gasteiger partial charge in [0.25, 0.3) is 0 Å². The summed E-state index contributed by atoms with van der Waals surface area (Å²) in [5.74, 6) is 1.76. The molecule has 45 heavy (non-hydrogen) atoms. The summed E-state index contributed by atoms with van der Waals surface area (Å²) in [4.78, 5) is 0. The van der Waals surface area contributed by atoms with E-state index in [4.69, 9.17) is 9.47 Å². The van der Waals surface area contributed by atoms with Crippen LogP contribution < -0.4 is 9.47 Å². The van der Waals surface area contributed by atoms with Crippen molar-refractivity contribution in [2.75, 3.05) is 13.2 Å². The van der Waals surface area contributed by atoms with Gasteiger partial charge in [0.15, 0.2) is 0 Å². The number of hydrogen-bond donors (Lipinski definition) is 0. The second-order valence-corrected chi connectivity index (χ2v) is 11.8. The number of rotatable bonds is 18. The SMILES string of the molecule is CCCCCCOc1cc(/C=C/c2ccc(/C=C/c3ccc(/C=C/c4ccc(C)cc4)cc3)cc2)cc(OCCCCCC)c1. The molecule has 4 aromatic rings. The van der Waals surface area contributed by atoms with Crippen molar-refractivity contribution in [3.8, 4) is 11.5 Å². The molecule has 0 atom stereocenters. The lowest BCUT2D eigenvalue weighted by Gasteiger charge is -2.11. The van der Waals surface area contributed by atoms with Crippen LogP contribution in [-0.4, -0.2) is 13.2 Å². The Labute approximate surface area is 272 Å². The van der Waals surface area contributed by atoms with E-state index in [1.54, 1.807) is 0 Å². The summed E-state index contributed by atoms with van der Waals surface area (Å²) >= 11 is 0. The van der Waals surface area contributed by atoms with Gasteiger partial charge in [-0.3, -0.25) is 0 Å². The Hall–Kier alpha value is -4.30. The topological polar surface area (TPSA) is 18.5 Å². The lowest BCUT2D eigenvalue weighted by atomic mass is 10.1. The monoisotopic (exact) mass is 598 g/mol. The molecule has 0 N–H and O–H groups in total. The largest absolute Gasteiger partial charge is 0.493 e. The maximum atomic E-state index is 6.13. The molecule has 0 fully saturated rings. The van der Waals surface area contributed by atoms with Crippen molar-refractivity contribution in [2.24, 2.45) is 0 Å². The van der Waals surface area contributed by atoms with Crippen molar-refractivity contribution < 1.29 is 9.47 Å². The van der Waals surface area contributed by atoms with E-state index < -0.39 is 0 Å². The number of aryl methyl sites for hydroxylation is 1. The zero-order valence-corrected chi connectivity index (χ0v) is 27.5. The molecule has 4 aromatic carbocycles. The first kappa shape index (κ1) is 33.6. The Morgan fingerprint density at radius 2 is 0.733 bits per heavy atom. The molecule has 2 heteroatoms. The Morgan fingerprint density at radius 1 is 0.400 bits per heavy atom. The molecule has 0 aliphatic heterocycles. The van der Waals surface area contributed by atoms with E-state index in [-0.39, 0.29) is 0 Å². The zero-order chi connectivity index (χ0) is 31.5. The van der Waals surface area contributed by atoms with E-state index in [2.05, 4.69) is 142 Å². The minimum absolute atomic E-state index is 0.743. The Bertz CT molecular complexity index is 1460. The van der Waals surface area contributed by atoms with Gasteiger partial charge < -0.3 is 9.47 Å². The highest BCUT2D eigenvalue weighted by atomic mass is 16.5. The summed E-state index contributed by atoms with van der Waals surface area (Å²) in [5.41, 5.74) is 8.29. The number of ether oxygens (including phenoxy) is 2. The lowest BCUT2D eigenvalue weighted by molar-refractivity contribution is 0.290. The Balaban J connectivity index is 1.34. The predicted molar refractivity (Wildman–Crippen MR) is 197 cm³/mol. The maximum Gasteiger partial charge on any atom is 0.123 e. The molecule has 4 rings (SSSR count). The van der Waals surface area contributed by atoms with Crippen molar-refractivity contribution in [2.45, 2.75) is 72.1 Å². The molecule has 234 valence electrons. The van der Waals surface area contributed by atoms with Crippen molar-refractivity contribution >= 4 is 36.5 Å². The van der Waals surface area contributed by atoms with Crippen LogP contribution in [0.4, 0.5) is 0 Å². The van der Waals surface area contributed by atoms with Crippen LogP contribution >= 0.6 is 0 Å². The summed E-state index contributed by atoms with van der Waals surface area (Å²) in [6, 6.07) is 32.1. The smallest absolute Gasteiger partial charge is 0.123 e. The van der Waals surface area contributed by atoms with Crippen molar-refractivity contribution in [1.29, 1.82) is 0 Å². The van der Waals surface area contributed by atoms with E-state index in [0.29, 0.717) is 0 Å². The van der Waals surface area contributed by atoms with Gasteiger partial charge in [0, 0.05) is 6.07 Å². The second kappa shape index (κ2) is 19.2. The van der Waals surface area contributed by atoms with Gasteiger partial charge in [-0.05, 0) is 65.3 Å². The van der Waals surface area contributed by atoms with Crippen LogP contribution in [0.15, 0.2) is 91.0 Å². The lowest BCUT2D eigenvalue weighted by Crippen LogP contribution is -2.00. The normalized spacial score (nSPS) is 11.6. The maximum absolute atomic E-state index is 6.13. The zero-order valence-electron chi connectivity index (χ0n) is 27.5. The van der Waals surface area contributed by atoms with Gasteiger partial charge in [-0.1, -0.05) is 167 Å². The highest BCUT2D eigenvalue weighted by Crippen LogP contribution is 2.25. The predicted octanol–water partition coefficient (Wildman–Crippen LogP) is 12.4. The fourth-order valence-corrected chi connectivity index (χ4v) is 4.99. The van der Waals surface area contributed by atoms with Crippen molar-refractivity contribution in [1.82, 2.24) is 0 Å². The molecule has 0 saturated heterocycles. The molecule has 0 aliphatic carbocycles. The highest BCUT2D eigenvalue weighted by molar-refractivity contribution is 5.75. The molecule has 0 radical (unpaired) electrons. The number of unbranched alkanes of at least 4 members (excludes halogenated alkanes) is 6. The van der Waals surface area contributed by atoms with Gasteiger partial charge >= 0.3 is 0 Å². The summed E-state index contributed by atoms with van der Waals surface area (Å²) in [5, 5.41) is 0. The van der Waals surface area contributed by atoms with E-state index in [9.17, 15) is 0 Å². The second-order valence-electron chi connectivity index (χ2n) is 11.8. The fourth-order valence-electron chi connectivity index (χ4n) is 4.99. The average Bonchev–Trinajstić information content (AvgIpc) is 3.07. The van der Waals surface area contributed by atoms with Crippen LogP contribution in [0.25, 0.3) is 36.5 Å². The highest BCUT2D eigenvalue weighted by Gasteiger charge is 2.03. The summed E-state index contributed by atoms with van der Waals surface area (Å²) < 4.78 is 12.3. The molecule has 0 aromatic heterocycles. The molecule has 0 aliphatic rings. The first-order valence-electron chi connectivity index (χ1n) is 16.8. The summed E-state index contributed by atoms with van der Waals surface area (Å²) in [7, 11) is 0. The first-order valence-corrected chi connectivity index (χ1v) is 16.8. The van der Waals surface area contributed by atoms with E-state index in [0.717, 1.165) is 48.7 Å². The van der Waals surface area contributed by atoms with Crippen LogP contribution in [0.3, 0.4) is 0 Å². The molecular weight excluding hydrogens is 548 g/mol. The Morgan fingerprint density at radius 3 is 1.09 bits per heavy atom. The number of benzene rings is 4. The van der Waals surface area contributed by atoms with Gasteiger partial charge in [0.05, 0.1) is 13.2 Å². The van der Waals surface area contributed by atoms with Crippen LogP contribution in [0.2, 0.25) is 0 Å². The third-order valence-electron chi connectivity index (χ3n) is 7.79. The molecule has 0 heterocycles. The number of hydrogen-bond acceptors (Lipinski definition) is 2. The fraction of sp³-hybridized carbons (Fsp3) is 0.302. The van der Waals surface area contributed by atoms with Crippen molar-refractivity contribution in [3.05, 3.63) is 130 Å². The van der Waals surface area contributed by atoms with Gasteiger partial charge in [0.2, 0.25) is 0 Å². The van der Waals surface area contributed by atoms with Crippen LogP contribution in [-0.2, 0) is 0 Å². The van der Waals surface area contributed by atoms with E-state index in [1.807, 2.05) is 6.07 Å². The van der Waals surface area contributed by atoms with Gasteiger partial charge in [-0.15, -0.1) is 0 Å². The van der Waals surface area contributed by atoms with Crippen LogP contribution in [0, 0.1) is 6.92 Å². The summed E-state index contributed by atoms with van der Waals surface area (Å²) in [6.07, 6.45) is 22.5. The average molecular weight is 599 g/mol. The Kier molecular flexibility index (Phi) is 14.3. The van der Waals surface area contributed by atoms with Crippen LogP contribution in [0.1, 0.15) is 104 Å². The molecule has 0 unspecified atom stereocenters. The molecule has 0 saturated carbocycles. The minimum atomic E-state index is 0.743. The van der Waals surface area contributed by atoms with Crippen molar-refractivity contribution in [3.63, 3.8) is 0 Å². The molecule has 0 spiro atoms. The first-order chi connectivity index (χ1) is 22.1. The summed E-state index contributed by atoms with van der Waals surface area (Å²) in [6.45, 7) is 8.07. The van der Waals surface area contributed by atoms with Gasteiger partial charge in [-0.2, -0.15) is 0 Å². The molecule has 0 bridgehead atoms. The van der Waals surface area contributed by atoms with Crippen LogP contribution in [0.5, 0.6) is 11.5 Å². The molecular formula is C43H50O2. The van der Waals surface area contributed by atoms with E-state index >= 15 is 0 Å². The van der Waals surface area contributed by atoms with Gasteiger partial charge in [0.1, 0.15) is 11.5 Å². The quantitative estimate of drug-likeness (QED) is 0.0838. The molecule has 0 amide bonds. The molecule has 2 nitrogen and oxygen atoms in total. The van der Waals surface area contributed by atoms with E-state index in [1.165, 1.54) is 66.3 Å². The standard InChI is InChI=1S/C43H50O2/c1-4-6-8-10-30-44-42-32-41(33-43(34-42)45-31-11-9-7-5-2)29-28-40-26-24-39(25-27-40)23-22-38-20-18-37(19-21-38)17-16-36-14-12-35(3)13-15-36/h12-29,32-34H,4-11,30-31H2,1-3H3/b17-16+,23-22+,29-28+.